The summed E-state index contributed by atoms with van der Waals surface area (Å²) in [6, 6.07) is 9.47. The number of likely N-dealkylation sites (tertiary alicyclic amines) is 1. The number of carbonyl (C=O) groups excluding carboxylic acids is 1. The van der Waals surface area contributed by atoms with Gasteiger partial charge in [0.25, 0.3) is 0 Å². The summed E-state index contributed by atoms with van der Waals surface area (Å²) in [5.41, 5.74) is 3.56. The van der Waals surface area contributed by atoms with Crippen LogP contribution in [0.2, 0.25) is 0 Å². The number of H-pyrrole nitrogens is 1. The molecule has 1 amide bonds. The maximum atomic E-state index is 13.0. The lowest BCUT2D eigenvalue weighted by Gasteiger charge is -2.24. The van der Waals surface area contributed by atoms with E-state index in [9.17, 15) is 4.79 Å². The number of aromatic nitrogens is 3. The average Bonchev–Trinajstić information content (AvgIpc) is 3.41. The second-order valence-electron chi connectivity index (χ2n) is 6.80. The quantitative estimate of drug-likeness (QED) is 0.749. The number of nitrogens with zero attached hydrogens (tertiary/aromatic N) is 3. The van der Waals surface area contributed by atoms with E-state index >= 15 is 0 Å². The molecule has 2 aromatic heterocycles. The van der Waals surface area contributed by atoms with Gasteiger partial charge in [0.05, 0.1) is 42.7 Å². The predicted molar refractivity (Wildman–Crippen MR) is 99.2 cm³/mol. The SMILES string of the molecule is COc1ccc(CC(=O)N2CCC[C@H]2c2[nH]ncc2-c2cc(C)no2)cc1. The Bertz CT molecular complexity index is 929. The van der Waals surface area contributed by atoms with Crippen molar-refractivity contribution in [3.8, 4) is 17.1 Å². The van der Waals surface area contributed by atoms with Crippen LogP contribution in [0.15, 0.2) is 41.1 Å². The van der Waals surface area contributed by atoms with E-state index < -0.39 is 0 Å². The molecule has 1 atom stereocenters. The Kier molecular flexibility index (Phi) is 4.66. The van der Waals surface area contributed by atoms with E-state index in [0.717, 1.165) is 47.7 Å². The highest BCUT2D eigenvalue weighted by Crippen LogP contribution is 2.37. The zero-order valence-electron chi connectivity index (χ0n) is 15.4. The molecule has 0 saturated carbocycles. The molecule has 27 heavy (non-hydrogen) atoms. The minimum atomic E-state index is -0.0290. The van der Waals surface area contributed by atoms with Gasteiger partial charge in [0.2, 0.25) is 5.91 Å². The minimum absolute atomic E-state index is 0.0290. The molecule has 1 aliphatic heterocycles. The van der Waals surface area contributed by atoms with Crippen molar-refractivity contribution in [2.75, 3.05) is 13.7 Å². The van der Waals surface area contributed by atoms with E-state index in [0.29, 0.717) is 12.2 Å². The number of carbonyl (C=O) groups is 1. The molecule has 7 heteroatoms. The van der Waals surface area contributed by atoms with Crippen molar-refractivity contribution >= 4 is 5.91 Å². The van der Waals surface area contributed by atoms with Gasteiger partial charge >= 0.3 is 0 Å². The first kappa shape index (κ1) is 17.3. The summed E-state index contributed by atoms with van der Waals surface area (Å²) in [4.78, 5) is 14.9. The standard InChI is InChI=1S/C20H22N4O3/c1-13-10-18(27-23-13)16-12-21-22-20(16)17-4-3-9-24(17)19(25)11-14-5-7-15(26-2)8-6-14/h5-8,10,12,17H,3-4,9,11H2,1-2H3,(H,21,22)/t17-/m0/s1. The predicted octanol–water partition coefficient (Wildman–Crippen LogP) is 3.29. The van der Waals surface area contributed by atoms with Crippen LogP contribution >= 0.6 is 0 Å². The lowest BCUT2D eigenvalue weighted by atomic mass is 10.0. The molecule has 3 aromatic rings. The molecule has 0 spiro atoms. The molecule has 0 aliphatic carbocycles. The number of nitrogens with one attached hydrogen (secondary N) is 1. The molecule has 1 fully saturated rings. The van der Waals surface area contributed by atoms with Gasteiger partial charge in [-0.25, -0.2) is 0 Å². The largest absolute Gasteiger partial charge is 0.497 e. The maximum Gasteiger partial charge on any atom is 0.227 e. The fourth-order valence-corrected chi connectivity index (χ4v) is 3.62. The summed E-state index contributed by atoms with van der Waals surface area (Å²) in [7, 11) is 1.63. The van der Waals surface area contributed by atoms with E-state index in [-0.39, 0.29) is 11.9 Å². The van der Waals surface area contributed by atoms with Gasteiger partial charge < -0.3 is 14.2 Å². The molecule has 0 radical (unpaired) electrons. The first-order valence-corrected chi connectivity index (χ1v) is 9.05. The Morgan fingerprint density at radius 2 is 2.19 bits per heavy atom. The van der Waals surface area contributed by atoms with E-state index in [1.165, 1.54) is 0 Å². The molecule has 7 nitrogen and oxygen atoms in total. The molecule has 140 valence electrons. The van der Waals surface area contributed by atoms with E-state index in [4.69, 9.17) is 9.26 Å². The number of amides is 1. The minimum Gasteiger partial charge on any atom is -0.497 e. The van der Waals surface area contributed by atoms with Crippen molar-refractivity contribution in [3.63, 3.8) is 0 Å². The second kappa shape index (κ2) is 7.26. The summed E-state index contributed by atoms with van der Waals surface area (Å²) in [6.07, 6.45) is 3.97. The van der Waals surface area contributed by atoms with Gasteiger partial charge in [-0.2, -0.15) is 5.10 Å². The van der Waals surface area contributed by atoms with Crippen molar-refractivity contribution < 1.29 is 14.1 Å². The highest BCUT2D eigenvalue weighted by atomic mass is 16.5. The summed E-state index contributed by atoms with van der Waals surface area (Å²) in [5.74, 6) is 1.57. The highest BCUT2D eigenvalue weighted by Gasteiger charge is 2.33. The lowest BCUT2D eigenvalue weighted by Crippen LogP contribution is -2.32. The normalized spacial score (nSPS) is 16.7. The Hall–Kier alpha value is -3.09. The maximum absolute atomic E-state index is 13.0. The Balaban J connectivity index is 1.54. The van der Waals surface area contributed by atoms with Gasteiger partial charge in [-0.15, -0.1) is 0 Å². The molecule has 1 saturated heterocycles. The molecule has 1 N–H and O–H groups in total. The molecular weight excluding hydrogens is 344 g/mol. The van der Waals surface area contributed by atoms with Crippen LogP contribution in [0.1, 0.15) is 35.8 Å². The van der Waals surface area contributed by atoms with Crippen molar-refractivity contribution in [1.82, 2.24) is 20.3 Å². The average molecular weight is 366 g/mol. The number of benzene rings is 1. The van der Waals surface area contributed by atoms with Gasteiger partial charge in [0.15, 0.2) is 5.76 Å². The fourth-order valence-electron chi connectivity index (χ4n) is 3.62. The fraction of sp³-hybridized carbons (Fsp3) is 0.350. The first-order valence-electron chi connectivity index (χ1n) is 9.05. The third kappa shape index (κ3) is 3.45. The summed E-state index contributed by atoms with van der Waals surface area (Å²) < 4.78 is 10.6. The number of aryl methyl sites for hydroxylation is 1. The molecular formula is C20H22N4O3. The van der Waals surface area contributed by atoms with Crippen LogP contribution in [-0.2, 0) is 11.2 Å². The number of hydrogen-bond acceptors (Lipinski definition) is 5. The molecule has 0 bridgehead atoms. The van der Waals surface area contributed by atoms with Crippen LogP contribution < -0.4 is 4.74 Å². The van der Waals surface area contributed by atoms with Crippen LogP contribution in [0.3, 0.4) is 0 Å². The number of hydrogen-bond donors (Lipinski definition) is 1. The molecule has 0 unspecified atom stereocenters. The number of methoxy groups -OCH3 is 1. The van der Waals surface area contributed by atoms with Crippen molar-refractivity contribution in [3.05, 3.63) is 53.5 Å². The van der Waals surface area contributed by atoms with Crippen molar-refractivity contribution in [2.24, 2.45) is 0 Å². The van der Waals surface area contributed by atoms with Gasteiger partial charge in [0.1, 0.15) is 5.75 Å². The number of rotatable bonds is 5. The van der Waals surface area contributed by atoms with E-state index in [1.54, 1.807) is 13.3 Å². The van der Waals surface area contributed by atoms with Gasteiger partial charge in [-0.1, -0.05) is 17.3 Å². The molecule has 3 heterocycles. The van der Waals surface area contributed by atoms with Crippen LogP contribution in [0, 0.1) is 6.92 Å². The lowest BCUT2D eigenvalue weighted by molar-refractivity contribution is -0.131. The summed E-state index contributed by atoms with van der Waals surface area (Å²) >= 11 is 0. The third-order valence-electron chi connectivity index (χ3n) is 4.98. The van der Waals surface area contributed by atoms with Crippen molar-refractivity contribution in [2.45, 2.75) is 32.2 Å². The summed E-state index contributed by atoms with van der Waals surface area (Å²) in [6.45, 7) is 2.63. The Labute approximate surface area is 157 Å². The van der Waals surface area contributed by atoms with Gasteiger partial charge in [0, 0.05) is 12.6 Å². The van der Waals surface area contributed by atoms with Crippen LogP contribution in [0.4, 0.5) is 0 Å². The summed E-state index contributed by atoms with van der Waals surface area (Å²) in [5, 5.41) is 11.2. The smallest absolute Gasteiger partial charge is 0.227 e. The zero-order chi connectivity index (χ0) is 18.8. The Morgan fingerprint density at radius 3 is 2.89 bits per heavy atom. The van der Waals surface area contributed by atoms with E-state index in [2.05, 4.69) is 15.4 Å². The van der Waals surface area contributed by atoms with Gasteiger partial charge in [-0.3, -0.25) is 9.89 Å². The van der Waals surface area contributed by atoms with Crippen LogP contribution in [0.25, 0.3) is 11.3 Å². The molecule has 1 aromatic carbocycles. The number of ether oxygens (including phenoxy) is 1. The second-order valence-corrected chi connectivity index (χ2v) is 6.80. The topological polar surface area (TPSA) is 84.2 Å². The Morgan fingerprint density at radius 1 is 1.37 bits per heavy atom. The van der Waals surface area contributed by atoms with Gasteiger partial charge in [-0.05, 0) is 37.5 Å². The number of aromatic amines is 1. The molecule has 4 rings (SSSR count). The van der Waals surface area contributed by atoms with Crippen LogP contribution in [-0.4, -0.2) is 39.8 Å². The van der Waals surface area contributed by atoms with Crippen LogP contribution in [0.5, 0.6) is 5.75 Å². The van der Waals surface area contributed by atoms with Crippen molar-refractivity contribution in [1.29, 1.82) is 0 Å². The highest BCUT2D eigenvalue weighted by molar-refractivity contribution is 5.80. The molecule has 1 aliphatic rings. The zero-order valence-corrected chi connectivity index (χ0v) is 15.4. The van der Waals surface area contributed by atoms with E-state index in [1.807, 2.05) is 42.2 Å². The third-order valence-corrected chi connectivity index (χ3v) is 4.98. The first-order chi connectivity index (χ1) is 13.2. The monoisotopic (exact) mass is 366 g/mol.